The molecule has 148 valence electrons. The molecule has 11 heteroatoms. The van der Waals surface area contributed by atoms with Crippen molar-refractivity contribution in [1.82, 2.24) is 19.5 Å². The topological polar surface area (TPSA) is 116 Å². The molecule has 4 rings (SSSR count). The summed E-state index contributed by atoms with van der Waals surface area (Å²) in [4.78, 5) is 12.8. The van der Waals surface area contributed by atoms with Crippen LogP contribution in [0.5, 0.6) is 0 Å². The van der Waals surface area contributed by atoms with Crippen LogP contribution in [0.3, 0.4) is 0 Å². The fourth-order valence-electron chi connectivity index (χ4n) is 3.14. The van der Waals surface area contributed by atoms with Crippen molar-refractivity contribution in [3.8, 4) is 0 Å². The summed E-state index contributed by atoms with van der Waals surface area (Å²) in [5.74, 6) is 0.450. The molecule has 1 saturated heterocycles. The normalized spacial score (nSPS) is 24.8. The molecule has 1 aliphatic rings. The van der Waals surface area contributed by atoms with Crippen LogP contribution < -0.4 is 5.32 Å². The Morgan fingerprint density at radius 2 is 2.00 bits per heavy atom. The molecule has 4 atom stereocenters. The Kier molecular flexibility index (Phi) is 5.64. The lowest BCUT2D eigenvalue weighted by molar-refractivity contribution is 0.0113. The number of benzene rings is 1. The van der Waals surface area contributed by atoms with Crippen molar-refractivity contribution in [1.29, 1.82) is 0 Å². The SMILES string of the molecule is OC[C@H]1S[C@@H](n2cnc3c(NCc4cccc(Cl)c4)nc(Cl)nc32)[C@H](O)[C@@H]1O. The number of thioether (sulfide) groups is 1. The molecule has 0 spiro atoms. The number of aliphatic hydroxyl groups is 3. The summed E-state index contributed by atoms with van der Waals surface area (Å²) >= 11 is 13.4. The van der Waals surface area contributed by atoms with Gasteiger partial charge in [-0.15, -0.1) is 11.8 Å². The summed E-state index contributed by atoms with van der Waals surface area (Å²) in [6.07, 6.45) is -0.598. The largest absolute Gasteiger partial charge is 0.395 e. The van der Waals surface area contributed by atoms with Gasteiger partial charge in [0, 0.05) is 11.6 Å². The van der Waals surface area contributed by atoms with Gasteiger partial charge >= 0.3 is 0 Å². The Balaban J connectivity index is 1.65. The van der Waals surface area contributed by atoms with Gasteiger partial charge in [-0.1, -0.05) is 23.7 Å². The Bertz CT molecular complexity index is 1000. The van der Waals surface area contributed by atoms with E-state index in [1.54, 1.807) is 10.6 Å². The molecule has 0 aliphatic carbocycles. The van der Waals surface area contributed by atoms with E-state index < -0.39 is 22.8 Å². The molecule has 1 aliphatic heterocycles. The van der Waals surface area contributed by atoms with E-state index in [0.29, 0.717) is 28.5 Å². The Morgan fingerprint density at radius 3 is 2.71 bits per heavy atom. The highest BCUT2D eigenvalue weighted by Crippen LogP contribution is 2.43. The minimum absolute atomic E-state index is 0.0274. The average Bonchev–Trinajstić information content (AvgIpc) is 3.21. The number of hydrogen-bond donors (Lipinski definition) is 4. The first-order valence-corrected chi connectivity index (χ1v) is 10.2. The Labute approximate surface area is 174 Å². The number of anilines is 1. The van der Waals surface area contributed by atoms with Crippen LogP contribution in [-0.4, -0.2) is 58.9 Å². The number of halogens is 2. The number of aromatic nitrogens is 4. The van der Waals surface area contributed by atoms with Crippen LogP contribution >= 0.6 is 35.0 Å². The van der Waals surface area contributed by atoms with Crippen molar-refractivity contribution >= 4 is 51.9 Å². The summed E-state index contributed by atoms with van der Waals surface area (Å²) in [5, 5.41) is 32.7. The van der Waals surface area contributed by atoms with Crippen LogP contribution in [0, 0.1) is 0 Å². The lowest BCUT2D eigenvalue weighted by Crippen LogP contribution is -2.32. The molecular weight excluding hydrogens is 425 g/mol. The van der Waals surface area contributed by atoms with Crippen LogP contribution in [0.25, 0.3) is 11.2 Å². The maximum Gasteiger partial charge on any atom is 0.226 e. The highest BCUT2D eigenvalue weighted by Gasteiger charge is 2.43. The van der Waals surface area contributed by atoms with Crippen LogP contribution in [-0.2, 0) is 6.54 Å². The zero-order chi connectivity index (χ0) is 19.8. The molecule has 2 aromatic heterocycles. The number of hydrogen-bond acceptors (Lipinski definition) is 8. The van der Waals surface area contributed by atoms with Crippen LogP contribution in [0.2, 0.25) is 10.3 Å². The smallest absolute Gasteiger partial charge is 0.226 e. The predicted molar refractivity (Wildman–Crippen MR) is 109 cm³/mol. The number of fused-ring (bicyclic) bond motifs is 1. The van der Waals surface area contributed by atoms with Gasteiger partial charge in [0.05, 0.1) is 24.3 Å². The zero-order valence-corrected chi connectivity index (χ0v) is 16.7. The molecule has 1 aromatic carbocycles. The molecule has 1 fully saturated rings. The van der Waals surface area contributed by atoms with Crippen LogP contribution in [0.1, 0.15) is 10.9 Å². The molecule has 0 bridgehead atoms. The first kappa shape index (κ1) is 19.7. The third-order valence-electron chi connectivity index (χ3n) is 4.53. The summed E-state index contributed by atoms with van der Waals surface area (Å²) in [6, 6.07) is 7.43. The van der Waals surface area contributed by atoms with E-state index in [-0.39, 0.29) is 11.9 Å². The first-order chi connectivity index (χ1) is 13.5. The minimum Gasteiger partial charge on any atom is -0.395 e. The van der Waals surface area contributed by atoms with Crippen molar-refractivity contribution < 1.29 is 15.3 Å². The first-order valence-electron chi connectivity index (χ1n) is 8.48. The summed E-state index contributed by atoms with van der Waals surface area (Å²) in [7, 11) is 0. The summed E-state index contributed by atoms with van der Waals surface area (Å²) in [5.41, 5.74) is 1.88. The monoisotopic (exact) mass is 441 g/mol. The van der Waals surface area contributed by atoms with E-state index in [1.807, 2.05) is 18.2 Å². The van der Waals surface area contributed by atoms with E-state index in [4.69, 9.17) is 23.2 Å². The molecule has 28 heavy (non-hydrogen) atoms. The molecule has 0 radical (unpaired) electrons. The van der Waals surface area contributed by atoms with Gasteiger partial charge < -0.3 is 20.6 Å². The van der Waals surface area contributed by atoms with Crippen molar-refractivity contribution in [2.45, 2.75) is 29.4 Å². The Morgan fingerprint density at radius 1 is 1.18 bits per heavy atom. The maximum absolute atomic E-state index is 10.4. The molecule has 4 N–H and O–H groups in total. The van der Waals surface area contributed by atoms with Crippen molar-refractivity contribution in [2.75, 3.05) is 11.9 Å². The van der Waals surface area contributed by atoms with Crippen molar-refractivity contribution in [3.63, 3.8) is 0 Å². The van der Waals surface area contributed by atoms with Gasteiger partial charge in [-0.3, -0.25) is 4.57 Å². The van der Waals surface area contributed by atoms with Crippen LogP contribution in [0.4, 0.5) is 5.82 Å². The van der Waals surface area contributed by atoms with Crippen LogP contribution in [0.15, 0.2) is 30.6 Å². The van der Waals surface area contributed by atoms with E-state index >= 15 is 0 Å². The molecular formula is C17H17Cl2N5O3S. The lowest BCUT2D eigenvalue weighted by atomic mass is 10.1. The second-order valence-electron chi connectivity index (χ2n) is 6.38. The summed E-state index contributed by atoms with van der Waals surface area (Å²) < 4.78 is 1.64. The second-order valence-corrected chi connectivity index (χ2v) is 8.51. The standard InChI is InChI=1S/C17H17Cl2N5O3S/c18-9-3-1-2-8(4-9)5-20-14-11-15(23-17(19)22-14)24(7-21-11)16-13(27)12(26)10(6-25)28-16/h1-4,7,10,12-13,16,25-27H,5-6H2,(H,20,22,23)/t10-,12-,13-,16-/m1/s1. The molecule has 0 unspecified atom stereocenters. The molecule has 8 nitrogen and oxygen atoms in total. The number of imidazole rings is 1. The highest BCUT2D eigenvalue weighted by molar-refractivity contribution is 8.00. The fraction of sp³-hybridized carbons (Fsp3) is 0.353. The summed E-state index contributed by atoms with van der Waals surface area (Å²) in [6.45, 7) is 0.218. The van der Waals surface area contributed by atoms with Gasteiger partial charge in [0.15, 0.2) is 17.0 Å². The number of nitrogens with one attached hydrogen (secondary N) is 1. The van der Waals surface area contributed by atoms with Crippen molar-refractivity contribution in [2.24, 2.45) is 0 Å². The van der Waals surface area contributed by atoms with Gasteiger partial charge in [0.2, 0.25) is 5.28 Å². The quantitative estimate of drug-likeness (QED) is 0.444. The number of nitrogens with zero attached hydrogens (tertiary/aromatic N) is 4. The number of aliphatic hydroxyl groups excluding tert-OH is 3. The minimum atomic E-state index is -1.07. The lowest BCUT2D eigenvalue weighted by Gasteiger charge is -2.17. The van der Waals surface area contributed by atoms with E-state index in [2.05, 4.69) is 20.3 Å². The molecule has 3 aromatic rings. The van der Waals surface area contributed by atoms with Gasteiger partial charge in [-0.05, 0) is 29.3 Å². The fourth-order valence-corrected chi connectivity index (χ4v) is 4.89. The average molecular weight is 442 g/mol. The van der Waals surface area contributed by atoms with Gasteiger partial charge in [0.1, 0.15) is 11.5 Å². The predicted octanol–water partition coefficient (Wildman–Crippen LogP) is 2.07. The van der Waals surface area contributed by atoms with E-state index in [1.165, 1.54) is 18.1 Å². The maximum atomic E-state index is 10.4. The third kappa shape index (κ3) is 3.66. The Hall–Kier alpha value is -1.62. The molecule has 0 amide bonds. The molecule has 3 heterocycles. The van der Waals surface area contributed by atoms with Gasteiger partial charge in [0.25, 0.3) is 0 Å². The van der Waals surface area contributed by atoms with E-state index in [0.717, 1.165) is 5.56 Å². The zero-order valence-electron chi connectivity index (χ0n) is 14.4. The van der Waals surface area contributed by atoms with E-state index in [9.17, 15) is 15.3 Å². The third-order valence-corrected chi connectivity index (χ3v) is 6.50. The van der Waals surface area contributed by atoms with Crippen molar-refractivity contribution in [3.05, 3.63) is 46.5 Å². The van der Waals surface area contributed by atoms with Gasteiger partial charge in [-0.25, -0.2) is 4.98 Å². The number of rotatable bonds is 5. The highest BCUT2D eigenvalue weighted by atomic mass is 35.5. The van der Waals surface area contributed by atoms with Gasteiger partial charge in [-0.2, -0.15) is 9.97 Å². The molecule has 0 saturated carbocycles. The second kappa shape index (κ2) is 8.02.